The third-order valence-corrected chi connectivity index (χ3v) is 5.52. The molecule has 154 valence electrons. The van der Waals surface area contributed by atoms with Crippen molar-refractivity contribution in [1.82, 2.24) is 15.1 Å². The van der Waals surface area contributed by atoms with E-state index in [2.05, 4.69) is 5.32 Å². The molecule has 9 heteroatoms. The first-order valence-electron chi connectivity index (χ1n) is 9.37. The SMILES string of the molecule is NCCNC(=O)C1N(C(=O)Cc2cccs2)CCCN1C(=O)c1ccc(F)cc1. The van der Waals surface area contributed by atoms with Crippen molar-refractivity contribution >= 4 is 29.1 Å². The lowest BCUT2D eigenvalue weighted by Gasteiger charge is -2.42. The van der Waals surface area contributed by atoms with Crippen molar-refractivity contribution < 1.29 is 18.8 Å². The van der Waals surface area contributed by atoms with Gasteiger partial charge in [0.05, 0.1) is 6.42 Å². The van der Waals surface area contributed by atoms with E-state index in [1.54, 1.807) is 0 Å². The van der Waals surface area contributed by atoms with Crippen LogP contribution in [0.2, 0.25) is 0 Å². The fourth-order valence-electron chi connectivity index (χ4n) is 3.29. The number of rotatable bonds is 6. The first-order valence-corrected chi connectivity index (χ1v) is 10.3. The van der Waals surface area contributed by atoms with Gasteiger partial charge < -0.3 is 20.9 Å². The molecule has 1 unspecified atom stereocenters. The predicted molar refractivity (Wildman–Crippen MR) is 108 cm³/mol. The molecule has 0 spiro atoms. The van der Waals surface area contributed by atoms with Crippen molar-refractivity contribution in [1.29, 1.82) is 0 Å². The Kier molecular flexibility index (Phi) is 6.95. The summed E-state index contributed by atoms with van der Waals surface area (Å²) in [5.41, 5.74) is 5.74. The smallest absolute Gasteiger partial charge is 0.263 e. The Labute approximate surface area is 172 Å². The van der Waals surface area contributed by atoms with Gasteiger partial charge in [0.1, 0.15) is 5.82 Å². The molecule has 1 aromatic heterocycles. The highest BCUT2D eigenvalue weighted by Gasteiger charge is 2.40. The standard InChI is InChI=1S/C20H23FN4O3S/c21-15-6-4-14(5-7-15)20(28)25-11-2-10-24(19(25)18(27)23-9-8-22)17(26)13-16-3-1-12-29-16/h1,3-7,12,19H,2,8-11,13,22H2,(H,23,27). The van der Waals surface area contributed by atoms with Gasteiger partial charge in [0.25, 0.3) is 11.8 Å². The molecule has 3 amide bonds. The molecule has 3 N–H and O–H groups in total. The van der Waals surface area contributed by atoms with Crippen LogP contribution in [0.3, 0.4) is 0 Å². The molecule has 2 aromatic rings. The van der Waals surface area contributed by atoms with Gasteiger partial charge in [-0.25, -0.2) is 4.39 Å². The van der Waals surface area contributed by atoms with Crippen LogP contribution >= 0.6 is 11.3 Å². The maximum absolute atomic E-state index is 13.2. The highest BCUT2D eigenvalue weighted by atomic mass is 32.1. The molecule has 3 rings (SSSR count). The fraction of sp³-hybridized carbons (Fsp3) is 0.350. The third-order valence-electron chi connectivity index (χ3n) is 4.64. The fourth-order valence-corrected chi connectivity index (χ4v) is 3.99. The molecule has 1 aromatic carbocycles. The van der Waals surface area contributed by atoms with Crippen molar-refractivity contribution in [2.24, 2.45) is 5.73 Å². The highest BCUT2D eigenvalue weighted by molar-refractivity contribution is 7.10. The van der Waals surface area contributed by atoms with Gasteiger partial charge in [-0.2, -0.15) is 0 Å². The van der Waals surface area contributed by atoms with Gasteiger partial charge in [-0.1, -0.05) is 6.07 Å². The molecular formula is C20H23FN4O3S. The Balaban J connectivity index is 1.86. The highest BCUT2D eigenvalue weighted by Crippen LogP contribution is 2.21. The van der Waals surface area contributed by atoms with Crippen LogP contribution in [0.1, 0.15) is 21.7 Å². The second-order valence-corrected chi connectivity index (χ2v) is 7.69. The number of nitrogens with two attached hydrogens (primary N) is 1. The summed E-state index contributed by atoms with van der Waals surface area (Å²) in [5, 5.41) is 4.57. The topological polar surface area (TPSA) is 95.7 Å². The zero-order chi connectivity index (χ0) is 20.8. The minimum atomic E-state index is -1.07. The average molecular weight is 418 g/mol. The Morgan fingerprint density at radius 1 is 1.14 bits per heavy atom. The van der Waals surface area contributed by atoms with Crippen molar-refractivity contribution in [3.05, 3.63) is 58.0 Å². The van der Waals surface area contributed by atoms with E-state index in [0.717, 1.165) is 4.88 Å². The average Bonchev–Trinajstić information content (AvgIpc) is 3.24. The van der Waals surface area contributed by atoms with E-state index in [1.807, 2.05) is 17.5 Å². The molecule has 29 heavy (non-hydrogen) atoms. The number of benzene rings is 1. The monoisotopic (exact) mass is 418 g/mol. The number of hydrogen-bond donors (Lipinski definition) is 2. The van der Waals surface area contributed by atoms with Crippen LogP contribution in [0, 0.1) is 5.82 Å². The predicted octanol–water partition coefficient (Wildman–Crippen LogP) is 1.21. The van der Waals surface area contributed by atoms with E-state index in [4.69, 9.17) is 5.73 Å². The molecule has 0 bridgehead atoms. The number of carbonyl (C=O) groups is 3. The number of thiophene rings is 1. The number of amides is 3. The Hall–Kier alpha value is -2.78. The summed E-state index contributed by atoms with van der Waals surface area (Å²) in [6.07, 6.45) is -0.360. The van der Waals surface area contributed by atoms with Crippen molar-refractivity contribution in [3.8, 4) is 0 Å². The molecule has 1 saturated heterocycles. The molecule has 1 aliphatic heterocycles. The van der Waals surface area contributed by atoms with Gasteiger partial charge in [-0.3, -0.25) is 14.4 Å². The molecule has 1 fully saturated rings. The second-order valence-electron chi connectivity index (χ2n) is 6.66. The van der Waals surface area contributed by atoms with Gasteiger partial charge in [0, 0.05) is 36.6 Å². The van der Waals surface area contributed by atoms with E-state index in [1.165, 1.54) is 45.4 Å². The summed E-state index contributed by atoms with van der Waals surface area (Å²) in [4.78, 5) is 42.6. The van der Waals surface area contributed by atoms with Crippen LogP contribution in [0.25, 0.3) is 0 Å². The number of nitrogens with zero attached hydrogens (tertiary/aromatic N) is 2. The van der Waals surface area contributed by atoms with Crippen LogP contribution in [0.15, 0.2) is 41.8 Å². The summed E-state index contributed by atoms with van der Waals surface area (Å²) in [6.45, 7) is 1.17. The lowest BCUT2D eigenvalue weighted by molar-refractivity contribution is -0.148. The van der Waals surface area contributed by atoms with Gasteiger partial charge >= 0.3 is 0 Å². The molecule has 1 aliphatic rings. The van der Waals surface area contributed by atoms with Crippen LogP contribution < -0.4 is 11.1 Å². The summed E-state index contributed by atoms with van der Waals surface area (Å²) >= 11 is 1.46. The summed E-state index contributed by atoms with van der Waals surface area (Å²) in [6, 6.07) is 8.86. The molecule has 1 atom stereocenters. The summed E-state index contributed by atoms with van der Waals surface area (Å²) in [7, 11) is 0. The van der Waals surface area contributed by atoms with Crippen LogP contribution in [0.5, 0.6) is 0 Å². The second kappa shape index (κ2) is 9.62. The number of carbonyl (C=O) groups excluding carboxylic acids is 3. The Morgan fingerprint density at radius 3 is 2.52 bits per heavy atom. The van der Waals surface area contributed by atoms with E-state index >= 15 is 0 Å². The lowest BCUT2D eigenvalue weighted by atomic mass is 10.1. The molecular weight excluding hydrogens is 395 g/mol. The van der Waals surface area contributed by atoms with Gasteiger partial charge in [-0.05, 0) is 42.1 Å². The summed E-state index contributed by atoms with van der Waals surface area (Å²) in [5.74, 6) is -1.56. The van der Waals surface area contributed by atoms with E-state index < -0.39 is 23.8 Å². The quantitative estimate of drug-likeness (QED) is 0.737. The van der Waals surface area contributed by atoms with Crippen molar-refractivity contribution in [2.75, 3.05) is 26.2 Å². The molecule has 0 radical (unpaired) electrons. The minimum absolute atomic E-state index is 0.164. The third kappa shape index (κ3) is 4.99. The van der Waals surface area contributed by atoms with Crippen LogP contribution in [-0.4, -0.2) is 59.9 Å². The Bertz CT molecular complexity index is 857. The number of hydrogen-bond acceptors (Lipinski definition) is 5. The lowest BCUT2D eigenvalue weighted by Crippen LogP contribution is -2.64. The maximum atomic E-state index is 13.2. The molecule has 7 nitrogen and oxygen atoms in total. The van der Waals surface area contributed by atoms with Crippen molar-refractivity contribution in [2.45, 2.75) is 19.0 Å². The van der Waals surface area contributed by atoms with Gasteiger partial charge in [0.15, 0.2) is 6.17 Å². The summed E-state index contributed by atoms with van der Waals surface area (Å²) < 4.78 is 13.2. The Morgan fingerprint density at radius 2 is 1.86 bits per heavy atom. The van der Waals surface area contributed by atoms with E-state index in [-0.39, 0.29) is 31.0 Å². The first kappa shape index (κ1) is 20.9. The number of halogens is 1. The van der Waals surface area contributed by atoms with E-state index in [9.17, 15) is 18.8 Å². The van der Waals surface area contributed by atoms with E-state index in [0.29, 0.717) is 19.5 Å². The van der Waals surface area contributed by atoms with Gasteiger partial charge in [-0.15, -0.1) is 11.3 Å². The molecule has 2 heterocycles. The zero-order valence-corrected chi connectivity index (χ0v) is 16.7. The zero-order valence-electron chi connectivity index (χ0n) is 15.8. The van der Waals surface area contributed by atoms with Crippen LogP contribution in [-0.2, 0) is 16.0 Å². The van der Waals surface area contributed by atoms with Crippen LogP contribution in [0.4, 0.5) is 4.39 Å². The molecule has 0 saturated carbocycles. The minimum Gasteiger partial charge on any atom is -0.351 e. The van der Waals surface area contributed by atoms with Crippen molar-refractivity contribution in [3.63, 3.8) is 0 Å². The molecule has 0 aliphatic carbocycles. The first-order chi connectivity index (χ1) is 14.0. The van der Waals surface area contributed by atoms with Gasteiger partial charge in [0.2, 0.25) is 5.91 Å². The maximum Gasteiger partial charge on any atom is 0.263 e. The number of nitrogens with one attached hydrogen (secondary N) is 1. The largest absolute Gasteiger partial charge is 0.351 e. The normalized spacial score (nSPS) is 16.6.